The molecule has 4 rings (SSSR count). The number of sulfonamides is 2. The SMILES string of the molecule is COc1ccc(S(=O)(=O)N2c3ccccc3CCC2CCS(=O)(=O)N2CCC(NCCC(C)C)CC2)c(OC)c1. The van der Waals surface area contributed by atoms with E-state index >= 15 is 0 Å². The summed E-state index contributed by atoms with van der Waals surface area (Å²) < 4.78 is 68.8. The second kappa shape index (κ2) is 13.1. The zero-order valence-electron chi connectivity index (χ0n) is 24.0. The summed E-state index contributed by atoms with van der Waals surface area (Å²) in [5.74, 6) is 1.20. The molecule has 0 amide bonds. The van der Waals surface area contributed by atoms with Crippen molar-refractivity contribution < 1.29 is 26.3 Å². The Morgan fingerprint density at radius 3 is 2.38 bits per heavy atom. The number of para-hydroxylation sites is 1. The van der Waals surface area contributed by atoms with Crippen LogP contribution < -0.4 is 19.1 Å². The van der Waals surface area contributed by atoms with Gasteiger partial charge in [0.15, 0.2) is 0 Å². The summed E-state index contributed by atoms with van der Waals surface area (Å²) in [5.41, 5.74) is 1.51. The fraction of sp³-hybridized carbons (Fsp3) is 0.586. The maximum absolute atomic E-state index is 14.2. The molecule has 2 aromatic carbocycles. The summed E-state index contributed by atoms with van der Waals surface area (Å²) in [5, 5.41) is 3.56. The van der Waals surface area contributed by atoms with Crippen molar-refractivity contribution >= 4 is 25.7 Å². The highest BCUT2D eigenvalue weighted by Crippen LogP contribution is 2.39. The van der Waals surface area contributed by atoms with Crippen molar-refractivity contribution in [3.05, 3.63) is 48.0 Å². The van der Waals surface area contributed by atoms with E-state index in [1.165, 1.54) is 24.6 Å². The van der Waals surface area contributed by atoms with Gasteiger partial charge in [-0.2, -0.15) is 0 Å². The van der Waals surface area contributed by atoms with E-state index in [0.717, 1.165) is 31.4 Å². The van der Waals surface area contributed by atoms with Gasteiger partial charge in [-0.15, -0.1) is 0 Å². The van der Waals surface area contributed by atoms with Crippen LogP contribution in [0, 0.1) is 5.92 Å². The molecule has 1 atom stereocenters. The van der Waals surface area contributed by atoms with Gasteiger partial charge in [0.05, 0.1) is 25.7 Å². The van der Waals surface area contributed by atoms with E-state index in [1.807, 2.05) is 18.2 Å². The number of rotatable bonds is 12. The molecule has 1 unspecified atom stereocenters. The van der Waals surface area contributed by atoms with Crippen molar-refractivity contribution in [3.63, 3.8) is 0 Å². The lowest BCUT2D eigenvalue weighted by atomic mass is 9.97. The van der Waals surface area contributed by atoms with Gasteiger partial charge >= 0.3 is 0 Å². The molecule has 0 saturated carbocycles. The van der Waals surface area contributed by atoms with Crippen LogP contribution in [-0.4, -0.2) is 72.8 Å². The first kappa shape index (κ1) is 30.6. The standard InChI is InChI=1S/C29H43N3O6S2/c1-22(2)13-17-30-24-14-18-31(19-15-24)39(33,34)20-16-25-10-9-23-7-5-6-8-27(23)32(25)40(35,36)29-12-11-26(37-3)21-28(29)38-4/h5-8,11-12,21-22,24-25,30H,9-10,13-20H2,1-4H3. The number of fused-ring (bicyclic) bond motifs is 1. The molecule has 2 aliphatic rings. The normalized spacial score (nSPS) is 19.0. The minimum absolute atomic E-state index is 0.0207. The van der Waals surface area contributed by atoms with Crippen LogP contribution >= 0.6 is 0 Å². The third-order valence-electron chi connectivity index (χ3n) is 7.93. The van der Waals surface area contributed by atoms with Gasteiger partial charge in [-0.05, 0) is 74.8 Å². The number of piperidine rings is 1. The fourth-order valence-electron chi connectivity index (χ4n) is 5.58. The second-order valence-corrected chi connectivity index (χ2v) is 14.9. The molecule has 0 aromatic heterocycles. The number of benzene rings is 2. The Bertz CT molecular complexity index is 1360. The Labute approximate surface area is 239 Å². The number of anilines is 1. The predicted octanol–water partition coefficient (Wildman–Crippen LogP) is 4.03. The lowest BCUT2D eigenvalue weighted by Crippen LogP contribution is -2.48. The summed E-state index contributed by atoms with van der Waals surface area (Å²) in [7, 11) is -4.67. The van der Waals surface area contributed by atoms with Gasteiger partial charge in [0.25, 0.3) is 10.0 Å². The number of methoxy groups -OCH3 is 2. The van der Waals surface area contributed by atoms with E-state index in [9.17, 15) is 16.8 Å². The summed E-state index contributed by atoms with van der Waals surface area (Å²) in [4.78, 5) is 0.0207. The van der Waals surface area contributed by atoms with Crippen LogP contribution in [0.3, 0.4) is 0 Å². The van der Waals surface area contributed by atoms with E-state index in [2.05, 4.69) is 19.2 Å². The van der Waals surface area contributed by atoms with Crippen LogP contribution in [0.15, 0.2) is 47.4 Å². The van der Waals surface area contributed by atoms with Gasteiger partial charge in [0.1, 0.15) is 16.4 Å². The summed E-state index contributed by atoms with van der Waals surface area (Å²) >= 11 is 0. The molecule has 0 aliphatic carbocycles. The lowest BCUT2D eigenvalue weighted by molar-refractivity contribution is 0.286. The van der Waals surface area contributed by atoms with E-state index in [0.29, 0.717) is 49.3 Å². The van der Waals surface area contributed by atoms with Crippen molar-refractivity contribution in [1.82, 2.24) is 9.62 Å². The maximum Gasteiger partial charge on any atom is 0.268 e. The number of nitrogens with one attached hydrogen (secondary N) is 1. The molecule has 2 aliphatic heterocycles. The Balaban J connectivity index is 1.51. The van der Waals surface area contributed by atoms with Gasteiger partial charge in [-0.25, -0.2) is 21.1 Å². The Morgan fingerprint density at radius 2 is 1.70 bits per heavy atom. The van der Waals surface area contributed by atoms with Crippen LogP contribution in [0.2, 0.25) is 0 Å². The van der Waals surface area contributed by atoms with Crippen LogP contribution in [0.4, 0.5) is 5.69 Å². The molecule has 11 heteroatoms. The molecular formula is C29H43N3O6S2. The van der Waals surface area contributed by atoms with E-state index in [-0.39, 0.29) is 22.8 Å². The molecule has 0 spiro atoms. The first-order chi connectivity index (χ1) is 19.1. The first-order valence-electron chi connectivity index (χ1n) is 14.1. The summed E-state index contributed by atoms with van der Waals surface area (Å²) in [6, 6.07) is 11.9. The smallest absolute Gasteiger partial charge is 0.268 e. The molecule has 0 bridgehead atoms. The van der Waals surface area contributed by atoms with Crippen LogP contribution in [0.25, 0.3) is 0 Å². The molecular weight excluding hydrogens is 550 g/mol. The molecule has 1 saturated heterocycles. The average molecular weight is 594 g/mol. The number of nitrogens with zero attached hydrogens (tertiary/aromatic N) is 2. The van der Waals surface area contributed by atoms with Crippen LogP contribution in [-0.2, 0) is 26.5 Å². The third kappa shape index (κ3) is 6.92. The minimum Gasteiger partial charge on any atom is -0.497 e. The Morgan fingerprint density at radius 1 is 0.975 bits per heavy atom. The van der Waals surface area contributed by atoms with E-state index in [4.69, 9.17) is 9.47 Å². The molecule has 9 nitrogen and oxygen atoms in total. The van der Waals surface area contributed by atoms with Gasteiger partial charge < -0.3 is 14.8 Å². The third-order valence-corrected chi connectivity index (χ3v) is 11.7. The van der Waals surface area contributed by atoms with Crippen LogP contribution in [0.1, 0.15) is 51.5 Å². The number of hydrogen-bond acceptors (Lipinski definition) is 7. The van der Waals surface area contributed by atoms with Gasteiger partial charge in [-0.1, -0.05) is 32.0 Å². The lowest BCUT2D eigenvalue weighted by Gasteiger charge is -2.38. The zero-order valence-corrected chi connectivity index (χ0v) is 25.6. The maximum atomic E-state index is 14.2. The fourth-order valence-corrected chi connectivity index (χ4v) is 9.07. The van der Waals surface area contributed by atoms with Crippen molar-refractivity contribution in [2.24, 2.45) is 5.92 Å². The molecule has 2 aromatic rings. The highest BCUT2D eigenvalue weighted by molar-refractivity contribution is 7.93. The largest absolute Gasteiger partial charge is 0.497 e. The average Bonchev–Trinajstić information content (AvgIpc) is 2.95. The topological polar surface area (TPSA) is 105 Å². The number of hydrogen-bond donors (Lipinski definition) is 1. The van der Waals surface area contributed by atoms with Gasteiger partial charge in [-0.3, -0.25) is 4.31 Å². The van der Waals surface area contributed by atoms with Crippen molar-refractivity contribution in [2.45, 2.75) is 69.4 Å². The molecule has 1 N–H and O–H groups in total. The van der Waals surface area contributed by atoms with Gasteiger partial charge in [0, 0.05) is 31.2 Å². The Kier molecular flexibility index (Phi) is 10.0. The summed E-state index contributed by atoms with van der Waals surface area (Å²) in [6.07, 6.45) is 4.09. The number of aryl methyl sites for hydroxylation is 1. The molecule has 222 valence electrons. The zero-order chi connectivity index (χ0) is 28.9. The van der Waals surface area contributed by atoms with Gasteiger partial charge in [0.2, 0.25) is 10.0 Å². The summed E-state index contributed by atoms with van der Waals surface area (Å²) in [6.45, 7) is 6.31. The first-order valence-corrected chi connectivity index (χ1v) is 17.2. The van der Waals surface area contributed by atoms with Crippen molar-refractivity contribution in [3.8, 4) is 11.5 Å². The molecule has 2 heterocycles. The van der Waals surface area contributed by atoms with Crippen LogP contribution in [0.5, 0.6) is 11.5 Å². The van der Waals surface area contributed by atoms with Crippen molar-refractivity contribution in [2.75, 3.05) is 43.9 Å². The molecule has 1 fully saturated rings. The minimum atomic E-state index is -4.07. The second-order valence-electron chi connectivity index (χ2n) is 11.1. The Hall–Kier alpha value is -2.34. The molecule has 0 radical (unpaired) electrons. The quantitative estimate of drug-likeness (QED) is 0.396. The highest BCUT2D eigenvalue weighted by Gasteiger charge is 2.39. The van der Waals surface area contributed by atoms with E-state index < -0.39 is 26.1 Å². The number of ether oxygens (including phenoxy) is 2. The highest BCUT2D eigenvalue weighted by atomic mass is 32.2. The van der Waals surface area contributed by atoms with E-state index in [1.54, 1.807) is 22.5 Å². The monoisotopic (exact) mass is 593 g/mol. The molecule has 40 heavy (non-hydrogen) atoms. The predicted molar refractivity (Wildman–Crippen MR) is 158 cm³/mol. The van der Waals surface area contributed by atoms with Crippen molar-refractivity contribution in [1.29, 1.82) is 0 Å².